The highest BCUT2D eigenvalue weighted by atomic mass is 15.3. The van der Waals surface area contributed by atoms with Crippen LogP contribution < -0.4 is 0 Å². The molecule has 0 saturated heterocycles. The Balaban J connectivity index is 2.28. The number of nitrogens with zero attached hydrogens (tertiary/aromatic N) is 3. The maximum absolute atomic E-state index is 4.39. The van der Waals surface area contributed by atoms with Crippen molar-refractivity contribution in [1.29, 1.82) is 0 Å². The molecule has 0 aliphatic carbocycles. The lowest BCUT2D eigenvalue weighted by atomic mass is 10.2. The molecule has 0 aliphatic heterocycles. The molecule has 3 aromatic rings. The van der Waals surface area contributed by atoms with Crippen molar-refractivity contribution in [2.75, 3.05) is 0 Å². The van der Waals surface area contributed by atoms with Crippen molar-refractivity contribution in [1.82, 2.24) is 14.3 Å². The van der Waals surface area contributed by atoms with Gasteiger partial charge >= 0.3 is 0 Å². The summed E-state index contributed by atoms with van der Waals surface area (Å²) >= 11 is 0. The van der Waals surface area contributed by atoms with Crippen LogP contribution in [0.1, 0.15) is 11.3 Å². The van der Waals surface area contributed by atoms with Gasteiger partial charge < -0.3 is 4.57 Å². The summed E-state index contributed by atoms with van der Waals surface area (Å²) in [5, 5.41) is 5.65. The maximum atomic E-state index is 4.39. The lowest BCUT2D eigenvalue weighted by Crippen LogP contribution is -2.01. The zero-order valence-corrected chi connectivity index (χ0v) is 10.3. The highest BCUT2D eigenvalue weighted by molar-refractivity contribution is 5.82. The molecule has 0 saturated carbocycles. The molecule has 3 rings (SSSR count). The molecule has 86 valence electrons. The molecule has 2 aromatic heterocycles. The van der Waals surface area contributed by atoms with E-state index in [1.165, 1.54) is 16.5 Å². The summed E-state index contributed by atoms with van der Waals surface area (Å²) in [4.78, 5) is 0. The van der Waals surface area contributed by atoms with Gasteiger partial charge in [-0.25, -0.2) is 0 Å². The summed E-state index contributed by atoms with van der Waals surface area (Å²) in [6.45, 7) is 4.13. The van der Waals surface area contributed by atoms with Gasteiger partial charge in [-0.1, -0.05) is 11.6 Å². The first-order valence-corrected chi connectivity index (χ1v) is 5.74. The van der Waals surface area contributed by atoms with Gasteiger partial charge in [0, 0.05) is 24.7 Å². The first-order valence-electron chi connectivity index (χ1n) is 5.74. The molecule has 0 bridgehead atoms. The van der Waals surface area contributed by atoms with Crippen LogP contribution in [0, 0.1) is 13.8 Å². The minimum atomic E-state index is 1.04. The molecule has 0 spiro atoms. The summed E-state index contributed by atoms with van der Waals surface area (Å²) in [5.41, 5.74) is 3.55. The highest BCUT2D eigenvalue weighted by Gasteiger charge is 2.07. The van der Waals surface area contributed by atoms with Crippen LogP contribution in [0.25, 0.3) is 16.7 Å². The molecule has 0 atom stereocenters. The molecule has 17 heavy (non-hydrogen) atoms. The van der Waals surface area contributed by atoms with Crippen molar-refractivity contribution in [2.24, 2.45) is 7.05 Å². The Bertz CT molecular complexity index is 689. The number of fused-ring (bicyclic) bond motifs is 1. The number of aromatic nitrogens is 3. The van der Waals surface area contributed by atoms with E-state index in [1.54, 1.807) is 0 Å². The molecule has 1 aromatic carbocycles. The topological polar surface area (TPSA) is 22.8 Å². The van der Waals surface area contributed by atoms with Gasteiger partial charge in [0.2, 0.25) is 0 Å². The smallest absolute Gasteiger partial charge is 0.135 e. The lowest BCUT2D eigenvalue weighted by molar-refractivity contribution is 0.728. The molecule has 3 nitrogen and oxygen atoms in total. The van der Waals surface area contributed by atoms with Crippen LogP contribution in [0.3, 0.4) is 0 Å². The second-order valence-electron chi connectivity index (χ2n) is 4.52. The van der Waals surface area contributed by atoms with Crippen LogP contribution in [0.5, 0.6) is 0 Å². The minimum Gasteiger partial charge on any atom is -0.301 e. The van der Waals surface area contributed by atoms with Gasteiger partial charge in [0.25, 0.3) is 0 Å². The monoisotopic (exact) mass is 225 g/mol. The zero-order valence-electron chi connectivity index (χ0n) is 10.3. The number of hydrogen-bond acceptors (Lipinski definition) is 1. The summed E-state index contributed by atoms with van der Waals surface area (Å²) in [6.07, 6.45) is 2.10. The average Bonchev–Trinajstić information content (AvgIpc) is 2.81. The summed E-state index contributed by atoms with van der Waals surface area (Å²) in [5.74, 6) is 1.10. The van der Waals surface area contributed by atoms with E-state index >= 15 is 0 Å². The van der Waals surface area contributed by atoms with E-state index in [9.17, 15) is 0 Å². The van der Waals surface area contributed by atoms with Crippen molar-refractivity contribution >= 4 is 10.9 Å². The van der Waals surface area contributed by atoms with Crippen LogP contribution in [-0.4, -0.2) is 14.3 Å². The van der Waals surface area contributed by atoms with E-state index in [4.69, 9.17) is 0 Å². The third-order valence-corrected chi connectivity index (χ3v) is 3.07. The van der Waals surface area contributed by atoms with Gasteiger partial charge in [-0.2, -0.15) is 5.10 Å². The van der Waals surface area contributed by atoms with Gasteiger partial charge in [0.1, 0.15) is 5.82 Å². The van der Waals surface area contributed by atoms with Crippen LogP contribution in [-0.2, 0) is 7.05 Å². The molecule has 3 heteroatoms. The summed E-state index contributed by atoms with van der Waals surface area (Å²) < 4.78 is 4.09. The summed E-state index contributed by atoms with van der Waals surface area (Å²) in [7, 11) is 1.97. The number of rotatable bonds is 1. The fourth-order valence-electron chi connectivity index (χ4n) is 2.28. The molecule has 0 amide bonds. The van der Waals surface area contributed by atoms with Crippen molar-refractivity contribution in [3.63, 3.8) is 0 Å². The Kier molecular flexibility index (Phi) is 2.08. The Hall–Kier alpha value is -2.03. The maximum Gasteiger partial charge on any atom is 0.135 e. The van der Waals surface area contributed by atoms with Gasteiger partial charge in [-0.15, -0.1) is 0 Å². The predicted molar refractivity (Wildman–Crippen MR) is 69.5 cm³/mol. The molecule has 0 unspecified atom stereocenters. The Labute approximate surface area is 100 Å². The lowest BCUT2D eigenvalue weighted by Gasteiger charge is -2.05. The van der Waals surface area contributed by atoms with Crippen molar-refractivity contribution < 1.29 is 0 Å². The van der Waals surface area contributed by atoms with Crippen molar-refractivity contribution in [3.8, 4) is 5.82 Å². The highest BCUT2D eigenvalue weighted by Crippen LogP contribution is 2.21. The molecule has 0 N–H and O–H groups in total. The van der Waals surface area contributed by atoms with Gasteiger partial charge in [0.15, 0.2) is 0 Å². The molecule has 0 fully saturated rings. The van der Waals surface area contributed by atoms with Crippen molar-refractivity contribution in [3.05, 3.63) is 47.8 Å². The minimum absolute atomic E-state index is 1.04. The Morgan fingerprint density at radius 1 is 1.06 bits per heavy atom. The second kappa shape index (κ2) is 3.48. The fraction of sp³-hybridized carbons (Fsp3) is 0.214. The SMILES string of the molecule is Cc1ccc2c(ccn2-c2cc(C)nn2C)c1. The van der Waals surface area contributed by atoms with E-state index in [0.29, 0.717) is 0 Å². The first-order chi connectivity index (χ1) is 8.15. The fourth-order valence-corrected chi connectivity index (χ4v) is 2.28. The summed E-state index contributed by atoms with van der Waals surface area (Å²) in [6, 6.07) is 10.7. The standard InChI is InChI=1S/C14H15N3/c1-10-4-5-13-12(8-10)6-7-17(13)14-9-11(2)15-16(14)3/h4-9H,1-3H3. The number of aryl methyl sites for hydroxylation is 3. The molecule has 2 heterocycles. The van der Waals surface area contributed by atoms with Crippen molar-refractivity contribution in [2.45, 2.75) is 13.8 Å². The van der Waals surface area contributed by atoms with Crippen LogP contribution in [0.4, 0.5) is 0 Å². The predicted octanol–water partition coefficient (Wildman–Crippen LogP) is 2.98. The molecular formula is C14H15N3. The third-order valence-electron chi connectivity index (χ3n) is 3.07. The Morgan fingerprint density at radius 2 is 1.88 bits per heavy atom. The zero-order chi connectivity index (χ0) is 12.0. The van der Waals surface area contributed by atoms with Gasteiger partial charge in [0.05, 0.1) is 11.2 Å². The quantitative estimate of drug-likeness (QED) is 0.624. The van der Waals surface area contributed by atoms with E-state index in [2.05, 4.69) is 53.1 Å². The van der Waals surface area contributed by atoms with E-state index < -0.39 is 0 Å². The van der Waals surface area contributed by atoms with E-state index in [1.807, 2.05) is 18.7 Å². The van der Waals surface area contributed by atoms with E-state index in [0.717, 1.165) is 11.5 Å². The molecular weight excluding hydrogens is 210 g/mol. The number of benzene rings is 1. The van der Waals surface area contributed by atoms with Crippen LogP contribution >= 0.6 is 0 Å². The molecule has 0 aliphatic rings. The second-order valence-corrected chi connectivity index (χ2v) is 4.52. The van der Waals surface area contributed by atoms with Gasteiger partial charge in [-0.3, -0.25) is 4.68 Å². The normalized spacial score (nSPS) is 11.2. The average molecular weight is 225 g/mol. The largest absolute Gasteiger partial charge is 0.301 e. The van der Waals surface area contributed by atoms with Crippen LogP contribution in [0.15, 0.2) is 36.5 Å². The van der Waals surface area contributed by atoms with Gasteiger partial charge in [-0.05, 0) is 32.0 Å². The third kappa shape index (κ3) is 1.55. The first kappa shape index (κ1) is 10.1. The van der Waals surface area contributed by atoms with E-state index in [-0.39, 0.29) is 0 Å². The van der Waals surface area contributed by atoms with Crippen LogP contribution in [0.2, 0.25) is 0 Å². The number of hydrogen-bond donors (Lipinski definition) is 0. The molecule has 0 radical (unpaired) electrons. The Morgan fingerprint density at radius 3 is 2.59 bits per heavy atom.